The molecule has 2 aromatic rings. The number of halogens is 3. The normalized spacial score (nSPS) is 11.2. The number of hydrogen-bond donors (Lipinski definition) is 1. The number of aryl methyl sites for hydroxylation is 1. The van der Waals surface area contributed by atoms with Crippen molar-refractivity contribution in [1.82, 2.24) is 0 Å². The van der Waals surface area contributed by atoms with Gasteiger partial charge in [0.15, 0.2) is 0 Å². The summed E-state index contributed by atoms with van der Waals surface area (Å²) in [6.07, 6.45) is -5.12. The lowest BCUT2D eigenvalue weighted by Gasteiger charge is -2.19. The van der Waals surface area contributed by atoms with Gasteiger partial charge in [0.1, 0.15) is 12.4 Å². The molecule has 0 atom stereocenters. The molecule has 0 aliphatic carbocycles. The zero-order valence-electron chi connectivity index (χ0n) is 14.2. The Hall–Kier alpha value is -2.74. The first-order valence-corrected chi connectivity index (χ1v) is 7.75. The first-order chi connectivity index (χ1) is 12.3. The topological polar surface area (TPSA) is 59.0 Å². The van der Waals surface area contributed by atoms with Crippen molar-refractivity contribution in [3.8, 4) is 5.75 Å². The van der Waals surface area contributed by atoms with Gasteiger partial charge in [0.25, 0.3) is 0 Å². The van der Waals surface area contributed by atoms with Gasteiger partial charge < -0.3 is 9.47 Å². The number of nitrogens with zero attached hydrogens (tertiary/aromatic N) is 1. The van der Waals surface area contributed by atoms with Gasteiger partial charge in [0, 0.05) is 5.56 Å². The minimum Gasteiger partial charge on any atom is -0.488 e. The summed E-state index contributed by atoms with van der Waals surface area (Å²) in [6.45, 7) is 1.48. The third-order valence-corrected chi connectivity index (χ3v) is 3.71. The molecule has 0 unspecified atom stereocenters. The summed E-state index contributed by atoms with van der Waals surface area (Å²) in [5.41, 5.74) is 0.0339. The molecule has 8 heteroatoms. The molecule has 0 fully saturated rings. The summed E-state index contributed by atoms with van der Waals surface area (Å²) < 4.78 is 49.5. The van der Waals surface area contributed by atoms with Crippen LogP contribution in [0.5, 0.6) is 5.75 Å². The SMILES string of the molecule is CCc1ccc(OCc2ccccc2N(O)C(=O)OC)c(C(F)(F)F)c1. The fourth-order valence-corrected chi connectivity index (χ4v) is 2.32. The number of carbonyl (C=O) groups is 1. The Morgan fingerprint density at radius 1 is 1.19 bits per heavy atom. The summed E-state index contributed by atoms with van der Waals surface area (Å²) in [5, 5.41) is 10.1. The van der Waals surface area contributed by atoms with E-state index >= 15 is 0 Å². The largest absolute Gasteiger partial charge is 0.488 e. The van der Waals surface area contributed by atoms with Crippen molar-refractivity contribution in [2.75, 3.05) is 12.2 Å². The lowest BCUT2D eigenvalue weighted by atomic mass is 10.1. The number of amides is 1. The average Bonchev–Trinajstić information content (AvgIpc) is 2.64. The van der Waals surface area contributed by atoms with Crippen molar-refractivity contribution in [3.63, 3.8) is 0 Å². The Labute approximate surface area is 148 Å². The molecular formula is C18H18F3NO4. The predicted octanol–water partition coefficient (Wildman–Crippen LogP) is 4.81. The number of hydroxylamine groups is 1. The van der Waals surface area contributed by atoms with Crippen molar-refractivity contribution < 1.29 is 32.6 Å². The molecular weight excluding hydrogens is 351 g/mol. The van der Waals surface area contributed by atoms with Crippen molar-refractivity contribution in [1.29, 1.82) is 0 Å². The van der Waals surface area contributed by atoms with Gasteiger partial charge in [0.2, 0.25) is 0 Å². The smallest absolute Gasteiger partial charge is 0.438 e. The molecule has 0 aliphatic rings. The van der Waals surface area contributed by atoms with Gasteiger partial charge in [-0.05, 0) is 30.2 Å². The van der Waals surface area contributed by atoms with Gasteiger partial charge in [-0.1, -0.05) is 31.2 Å². The molecule has 1 N–H and O–H groups in total. The van der Waals surface area contributed by atoms with Crippen LogP contribution in [0.2, 0.25) is 0 Å². The molecule has 140 valence electrons. The number of anilines is 1. The van der Waals surface area contributed by atoms with Crippen molar-refractivity contribution in [3.05, 3.63) is 59.2 Å². The van der Waals surface area contributed by atoms with Crippen LogP contribution in [0.25, 0.3) is 0 Å². The van der Waals surface area contributed by atoms with E-state index in [1.165, 1.54) is 18.2 Å². The van der Waals surface area contributed by atoms with Gasteiger partial charge in [-0.15, -0.1) is 0 Å². The predicted molar refractivity (Wildman–Crippen MR) is 88.3 cm³/mol. The van der Waals surface area contributed by atoms with Gasteiger partial charge in [-0.2, -0.15) is 18.2 Å². The van der Waals surface area contributed by atoms with Gasteiger partial charge >= 0.3 is 12.3 Å². The first-order valence-electron chi connectivity index (χ1n) is 7.75. The Balaban J connectivity index is 2.29. The van der Waals surface area contributed by atoms with E-state index in [-0.39, 0.29) is 23.1 Å². The Morgan fingerprint density at radius 2 is 1.88 bits per heavy atom. The number of alkyl halides is 3. The average molecular weight is 369 g/mol. The third-order valence-electron chi connectivity index (χ3n) is 3.71. The quantitative estimate of drug-likeness (QED) is 0.607. The molecule has 0 bridgehead atoms. The lowest BCUT2D eigenvalue weighted by molar-refractivity contribution is -0.139. The summed E-state index contributed by atoms with van der Waals surface area (Å²) in [7, 11) is 1.09. The Bertz CT molecular complexity index is 777. The van der Waals surface area contributed by atoms with Crippen LogP contribution in [0.15, 0.2) is 42.5 Å². The number of ether oxygens (including phenoxy) is 2. The fourth-order valence-electron chi connectivity index (χ4n) is 2.32. The molecule has 1 amide bonds. The Kier molecular flexibility index (Phi) is 6.10. The molecule has 2 aromatic carbocycles. The third kappa shape index (κ3) is 4.45. The van der Waals surface area contributed by atoms with E-state index in [0.717, 1.165) is 13.2 Å². The lowest BCUT2D eigenvalue weighted by Crippen LogP contribution is -2.27. The highest BCUT2D eigenvalue weighted by atomic mass is 19.4. The van der Waals surface area contributed by atoms with Crippen LogP contribution in [0.4, 0.5) is 23.7 Å². The van der Waals surface area contributed by atoms with E-state index < -0.39 is 17.8 Å². The highest BCUT2D eigenvalue weighted by molar-refractivity contribution is 5.85. The Morgan fingerprint density at radius 3 is 2.50 bits per heavy atom. The van der Waals surface area contributed by atoms with Gasteiger partial charge in [0.05, 0.1) is 18.4 Å². The van der Waals surface area contributed by atoms with E-state index in [2.05, 4.69) is 4.74 Å². The van der Waals surface area contributed by atoms with Crippen molar-refractivity contribution in [2.24, 2.45) is 0 Å². The molecule has 0 spiro atoms. The van der Waals surface area contributed by atoms with E-state index in [1.807, 2.05) is 0 Å². The highest BCUT2D eigenvalue weighted by Gasteiger charge is 2.34. The molecule has 26 heavy (non-hydrogen) atoms. The van der Waals surface area contributed by atoms with Crippen LogP contribution in [0.1, 0.15) is 23.6 Å². The maximum absolute atomic E-state index is 13.3. The molecule has 0 aromatic heterocycles. The van der Waals surface area contributed by atoms with E-state index in [0.29, 0.717) is 17.5 Å². The number of benzene rings is 2. The molecule has 0 radical (unpaired) electrons. The summed E-state index contributed by atoms with van der Waals surface area (Å²) >= 11 is 0. The van der Waals surface area contributed by atoms with Crippen LogP contribution in [0, 0.1) is 0 Å². The number of rotatable bonds is 5. The zero-order valence-corrected chi connectivity index (χ0v) is 14.2. The number of carbonyl (C=O) groups excluding carboxylic acids is 1. The minimum absolute atomic E-state index is 0.0538. The molecule has 5 nitrogen and oxygen atoms in total. The minimum atomic E-state index is -4.56. The number of methoxy groups -OCH3 is 1. The summed E-state index contributed by atoms with van der Waals surface area (Å²) in [6, 6.07) is 9.98. The number of para-hydroxylation sites is 1. The second-order valence-corrected chi connectivity index (χ2v) is 5.38. The summed E-state index contributed by atoms with van der Waals surface area (Å²) in [5.74, 6) is -0.327. The maximum atomic E-state index is 13.3. The standard InChI is InChI=1S/C18H18F3NO4/c1-3-12-8-9-16(14(10-12)18(19,20)21)26-11-13-6-4-5-7-15(13)22(24)17(23)25-2/h4-10,24H,3,11H2,1-2H3. The van der Waals surface area contributed by atoms with Crippen LogP contribution < -0.4 is 9.80 Å². The zero-order chi connectivity index (χ0) is 19.3. The van der Waals surface area contributed by atoms with Crippen LogP contribution in [0.3, 0.4) is 0 Å². The van der Waals surface area contributed by atoms with Crippen molar-refractivity contribution >= 4 is 11.8 Å². The van der Waals surface area contributed by atoms with Crippen LogP contribution in [-0.2, 0) is 23.9 Å². The van der Waals surface area contributed by atoms with Crippen LogP contribution >= 0.6 is 0 Å². The van der Waals surface area contributed by atoms with Crippen molar-refractivity contribution in [2.45, 2.75) is 26.1 Å². The molecule has 2 rings (SSSR count). The van der Waals surface area contributed by atoms with E-state index in [9.17, 15) is 23.2 Å². The molecule has 0 saturated heterocycles. The monoisotopic (exact) mass is 369 g/mol. The fraction of sp³-hybridized carbons (Fsp3) is 0.278. The second kappa shape index (κ2) is 8.09. The second-order valence-electron chi connectivity index (χ2n) is 5.38. The van der Waals surface area contributed by atoms with E-state index in [1.54, 1.807) is 25.1 Å². The van der Waals surface area contributed by atoms with Gasteiger partial charge in [-0.3, -0.25) is 5.21 Å². The van der Waals surface area contributed by atoms with E-state index in [4.69, 9.17) is 4.74 Å². The molecule has 0 aliphatic heterocycles. The number of hydrogen-bond acceptors (Lipinski definition) is 4. The first kappa shape index (κ1) is 19.6. The van der Waals surface area contributed by atoms with Gasteiger partial charge in [-0.25, -0.2) is 4.79 Å². The maximum Gasteiger partial charge on any atom is 0.438 e. The molecule has 0 saturated carbocycles. The summed E-state index contributed by atoms with van der Waals surface area (Å²) in [4.78, 5) is 11.5. The highest BCUT2D eigenvalue weighted by Crippen LogP contribution is 2.37. The molecule has 0 heterocycles. The van der Waals surface area contributed by atoms with Crippen LogP contribution in [-0.4, -0.2) is 18.4 Å².